The molecule has 0 aliphatic rings. The molecule has 4 aromatic heterocycles. The van der Waals surface area contributed by atoms with Crippen LogP contribution in [0.25, 0.3) is 93.5 Å². The van der Waals surface area contributed by atoms with Gasteiger partial charge in [0.2, 0.25) is 5.76 Å². The molecule has 0 amide bonds. The van der Waals surface area contributed by atoms with E-state index in [2.05, 4.69) is 129 Å². The molecular weight excluding hydrogens is 1070 g/mol. The number of furan rings is 1. The number of alkyl halides is 6. The zero-order valence-corrected chi connectivity index (χ0v) is 39.0. The molecule has 0 aliphatic carbocycles. The summed E-state index contributed by atoms with van der Waals surface area (Å²) in [5.41, 5.74) is 7.10. The third-order valence-electron chi connectivity index (χ3n) is 12.3. The van der Waals surface area contributed by atoms with Crippen molar-refractivity contribution in [2.45, 2.75) is 32.6 Å². The fourth-order valence-corrected chi connectivity index (χ4v) is 8.69. The second-order valence-electron chi connectivity index (χ2n) is 16.6. The summed E-state index contributed by atoms with van der Waals surface area (Å²) in [4.78, 5) is 15.9. The number of halogens is 6. The van der Waals surface area contributed by atoms with Gasteiger partial charge in [0, 0.05) is 65.2 Å². The molecule has 1 unspecified atom stereocenters. The van der Waals surface area contributed by atoms with Crippen molar-refractivity contribution in [3.8, 4) is 22.6 Å². The van der Waals surface area contributed by atoms with Gasteiger partial charge in [0.1, 0.15) is 16.9 Å². The van der Waals surface area contributed by atoms with E-state index in [4.69, 9.17) is 14.3 Å². The number of hydrogen-bond donors (Lipinski definition) is 1. The molecule has 1 N–H and O–H groups in total. The Labute approximate surface area is 403 Å². The summed E-state index contributed by atoms with van der Waals surface area (Å²) in [6.45, 7) is 4.14. The van der Waals surface area contributed by atoms with E-state index in [-0.39, 0.29) is 31.8 Å². The zero-order valence-electron chi connectivity index (χ0n) is 36.6. The van der Waals surface area contributed by atoms with Gasteiger partial charge in [-0.3, -0.25) is 9.78 Å². The Bertz CT molecular complexity index is 3720. The van der Waals surface area contributed by atoms with Gasteiger partial charge in [0.05, 0.1) is 28.9 Å². The van der Waals surface area contributed by atoms with E-state index in [0.29, 0.717) is 6.61 Å². The monoisotopic (exact) mass is 1110 g/mol. The number of pyridine rings is 1. The van der Waals surface area contributed by atoms with E-state index in [1.54, 1.807) is 0 Å². The minimum Gasteiger partial charge on any atom is -0.504 e. The van der Waals surface area contributed by atoms with Gasteiger partial charge in [-0.05, 0) is 88.7 Å². The molecular formula is C55H38F6IrN3O4-. The van der Waals surface area contributed by atoms with Crippen LogP contribution in [0.5, 0.6) is 5.75 Å². The number of ketones is 1. The average molecular weight is 1110 g/mol. The molecule has 4 heterocycles. The van der Waals surface area contributed by atoms with Crippen molar-refractivity contribution in [2.24, 2.45) is 5.92 Å². The van der Waals surface area contributed by atoms with Crippen LogP contribution >= 0.6 is 0 Å². The normalized spacial score (nSPS) is 12.9. The van der Waals surface area contributed by atoms with Crippen molar-refractivity contribution in [1.29, 1.82) is 0 Å². The largest absolute Gasteiger partial charge is 0.504 e. The Morgan fingerprint density at radius 1 is 0.710 bits per heavy atom. The number of para-hydroxylation sites is 2. The van der Waals surface area contributed by atoms with Crippen LogP contribution in [0.15, 0.2) is 168 Å². The SMILES string of the molecule is CCC(C)COc1ccc(/C(C(=O)C(F)(F)F)=C(/O)C(F)(F)F)cc1.[Ir].[c-]1cccc2c1c1nccn1c1ccc(-c3ccc4oc5ccc(-n6c7ccccc7c7ccccc76)cc5c4c3)cc21. The first kappa shape index (κ1) is 46.7. The number of carbonyl (C=O) groups is 1. The van der Waals surface area contributed by atoms with Gasteiger partial charge >= 0.3 is 12.4 Å². The number of nitrogens with zero attached hydrogens (tertiary/aromatic N) is 3. The zero-order chi connectivity index (χ0) is 47.5. The summed E-state index contributed by atoms with van der Waals surface area (Å²) < 4.78 is 91.7. The molecule has 11 rings (SSSR count). The average Bonchev–Trinajstić information content (AvgIpc) is 4.08. The van der Waals surface area contributed by atoms with Crippen LogP contribution in [-0.2, 0) is 24.9 Å². The van der Waals surface area contributed by atoms with Crippen molar-refractivity contribution in [2.75, 3.05) is 6.61 Å². The second-order valence-corrected chi connectivity index (χ2v) is 16.6. The second kappa shape index (κ2) is 18.2. The molecule has 349 valence electrons. The van der Waals surface area contributed by atoms with E-state index >= 15 is 0 Å². The van der Waals surface area contributed by atoms with Crippen molar-refractivity contribution in [3.05, 3.63) is 175 Å². The smallest absolute Gasteiger partial charge is 0.455 e. The summed E-state index contributed by atoms with van der Waals surface area (Å²) in [5, 5.41) is 17.2. The third kappa shape index (κ3) is 8.59. The van der Waals surface area contributed by atoms with Gasteiger partial charge in [-0.1, -0.05) is 92.4 Å². The molecule has 0 saturated heterocycles. The molecule has 0 fully saturated rings. The fraction of sp³-hybridized carbons (Fsp3) is 0.127. The topological polar surface area (TPSA) is 81.9 Å². The van der Waals surface area contributed by atoms with E-state index in [1.165, 1.54) is 27.2 Å². The number of rotatable bonds is 8. The minimum absolute atomic E-state index is 0. The Hall–Kier alpha value is -7.41. The van der Waals surface area contributed by atoms with Crippen LogP contribution in [0.2, 0.25) is 0 Å². The molecule has 11 aromatic rings. The first-order valence-corrected chi connectivity index (χ1v) is 21.7. The summed E-state index contributed by atoms with van der Waals surface area (Å²) >= 11 is 0. The molecule has 0 spiro atoms. The van der Waals surface area contributed by atoms with Crippen molar-refractivity contribution < 1.29 is 65.5 Å². The van der Waals surface area contributed by atoms with Gasteiger partial charge in [-0.25, -0.2) is 0 Å². The van der Waals surface area contributed by atoms with E-state index < -0.39 is 35.0 Å². The predicted molar refractivity (Wildman–Crippen MR) is 254 cm³/mol. The van der Waals surface area contributed by atoms with Crippen molar-refractivity contribution in [1.82, 2.24) is 14.0 Å². The van der Waals surface area contributed by atoms with Crippen LogP contribution in [0, 0.1) is 12.0 Å². The van der Waals surface area contributed by atoms with Crippen molar-refractivity contribution >= 4 is 82.4 Å². The Balaban J connectivity index is 0.000000198. The number of carbonyl (C=O) groups excluding carboxylic acids is 1. The van der Waals surface area contributed by atoms with Gasteiger partial charge in [0.25, 0.3) is 5.78 Å². The van der Waals surface area contributed by atoms with Crippen LogP contribution < -0.4 is 4.74 Å². The van der Waals surface area contributed by atoms with Crippen molar-refractivity contribution in [3.63, 3.8) is 0 Å². The summed E-state index contributed by atoms with van der Waals surface area (Å²) in [7, 11) is 0. The van der Waals surface area contributed by atoms with Crippen LogP contribution in [0.4, 0.5) is 26.3 Å². The Morgan fingerprint density at radius 2 is 1.32 bits per heavy atom. The number of ether oxygens (including phenoxy) is 1. The molecule has 7 nitrogen and oxygen atoms in total. The molecule has 69 heavy (non-hydrogen) atoms. The molecule has 7 aromatic carbocycles. The standard InChI is InChI=1S/C39H22N3O.C16H16F6O3.Ir/c1-2-10-30-27(7-1)31-21-24(13-16-34(31)41-20-19-40-39(30)41)25-14-17-37-32(22-25)33-23-26(15-18-38(33)43-37)42-35-11-5-3-8-28(35)29-9-4-6-12-36(29)42;1-3-9(2)8-25-11-6-4-10(5-7-11)12(13(23)15(17,18)19)14(24)16(20,21)22;/h1-9,11-23H;4-7,9,23H,3,8H2,1-2H3;/q-1;;/b;13-12-;. The number of imidazole rings is 1. The number of fused-ring (bicyclic) bond motifs is 12. The van der Waals surface area contributed by atoms with Gasteiger partial charge in [-0.2, -0.15) is 26.3 Å². The van der Waals surface area contributed by atoms with E-state index in [0.717, 1.165) is 91.4 Å². The van der Waals surface area contributed by atoms with E-state index in [1.807, 2.05) is 38.4 Å². The maximum Gasteiger partial charge on any atom is 0.455 e. The predicted octanol–water partition coefficient (Wildman–Crippen LogP) is 15.2. The molecule has 0 aliphatic heterocycles. The Morgan fingerprint density at radius 3 is 1.97 bits per heavy atom. The number of benzene rings is 7. The maximum atomic E-state index is 12.6. The molecule has 0 saturated carbocycles. The number of aromatic nitrogens is 3. The van der Waals surface area contributed by atoms with Crippen LogP contribution in [0.3, 0.4) is 0 Å². The fourth-order valence-electron chi connectivity index (χ4n) is 8.69. The third-order valence-corrected chi connectivity index (χ3v) is 12.3. The summed E-state index contributed by atoms with van der Waals surface area (Å²) in [6.07, 6.45) is -6.36. The minimum atomic E-state index is -5.57. The molecule has 0 bridgehead atoms. The van der Waals surface area contributed by atoms with Crippen LogP contribution in [0.1, 0.15) is 25.8 Å². The number of allylic oxidation sites excluding steroid dienone is 2. The maximum absolute atomic E-state index is 12.6. The van der Waals surface area contributed by atoms with Gasteiger partial charge in [-0.15, -0.1) is 29.7 Å². The first-order valence-electron chi connectivity index (χ1n) is 21.7. The molecule has 1 atom stereocenters. The number of aliphatic hydroxyl groups excluding tert-OH is 1. The first-order chi connectivity index (χ1) is 32.7. The summed E-state index contributed by atoms with van der Waals surface area (Å²) in [6, 6.07) is 50.5. The number of Topliss-reactive ketones (excluding diaryl/α,β-unsaturated/α-hetero) is 1. The molecule has 14 heteroatoms. The van der Waals surface area contributed by atoms with Crippen LogP contribution in [-0.4, -0.2) is 43.8 Å². The summed E-state index contributed by atoms with van der Waals surface area (Å²) in [5.74, 6) is -4.95. The van der Waals surface area contributed by atoms with Gasteiger partial charge < -0.3 is 23.2 Å². The molecule has 1 radical (unpaired) electrons. The number of hydrogen-bond acceptors (Lipinski definition) is 5. The quantitative estimate of drug-likeness (QED) is 0.0539. The van der Waals surface area contributed by atoms with Gasteiger partial charge in [0.15, 0.2) is 0 Å². The Kier molecular flexibility index (Phi) is 12.3. The van der Waals surface area contributed by atoms with E-state index in [9.17, 15) is 31.1 Å². The number of aliphatic hydroxyl groups is 1.